The molecule has 1 aliphatic heterocycles. The first kappa shape index (κ1) is 15.6. The fourth-order valence-corrected chi connectivity index (χ4v) is 3.32. The number of nitrogens with two attached hydrogens (primary N) is 1. The zero-order valence-corrected chi connectivity index (χ0v) is 14.3. The lowest BCUT2D eigenvalue weighted by atomic mass is 10.0. The van der Waals surface area contributed by atoms with Gasteiger partial charge in [0.15, 0.2) is 5.96 Å². The van der Waals surface area contributed by atoms with Gasteiger partial charge in [-0.25, -0.2) is 4.99 Å². The molecule has 4 N–H and O–H groups in total. The molecule has 0 bridgehead atoms. The summed E-state index contributed by atoms with van der Waals surface area (Å²) in [6.07, 6.45) is 0.877. The van der Waals surface area contributed by atoms with Crippen LogP contribution in [0.25, 0.3) is 10.9 Å². The number of aromatic amines is 1. The first-order valence-electron chi connectivity index (χ1n) is 8.55. The molecule has 128 valence electrons. The van der Waals surface area contributed by atoms with Gasteiger partial charge in [-0.2, -0.15) is 0 Å². The highest BCUT2D eigenvalue weighted by Gasteiger charge is 2.21. The van der Waals surface area contributed by atoms with Crippen molar-refractivity contribution in [3.63, 3.8) is 0 Å². The molecule has 0 fully saturated rings. The summed E-state index contributed by atoms with van der Waals surface area (Å²) in [5.41, 5.74) is 10.7. The molecule has 3 aromatic rings. The first-order valence-corrected chi connectivity index (χ1v) is 8.55. The number of rotatable bonds is 3. The molecule has 1 unspecified atom stereocenters. The highest BCUT2D eigenvalue weighted by molar-refractivity contribution is 5.81. The molecule has 2 heterocycles. The number of para-hydroxylation sites is 1. The molecule has 1 atom stereocenters. The van der Waals surface area contributed by atoms with Gasteiger partial charge >= 0.3 is 0 Å². The van der Waals surface area contributed by atoms with Crippen LogP contribution in [0.2, 0.25) is 0 Å². The van der Waals surface area contributed by atoms with Crippen molar-refractivity contribution in [1.82, 2.24) is 10.3 Å². The van der Waals surface area contributed by atoms with Crippen LogP contribution in [0.4, 0.5) is 0 Å². The van der Waals surface area contributed by atoms with Gasteiger partial charge in [-0.15, -0.1) is 0 Å². The number of guanidine groups is 1. The summed E-state index contributed by atoms with van der Waals surface area (Å²) < 4.78 is 5.68. The Morgan fingerprint density at radius 3 is 3.08 bits per heavy atom. The predicted octanol–water partition coefficient (Wildman–Crippen LogP) is 3.40. The Labute approximate surface area is 146 Å². The van der Waals surface area contributed by atoms with Crippen LogP contribution in [-0.2, 0) is 6.54 Å². The minimum Gasteiger partial charge on any atom is -0.493 e. The Morgan fingerprint density at radius 2 is 2.16 bits per heavy atom. The van der Waals surface area contributed by atoms with Crippen LogP contribution in [0.15, 0.2) is 53.5 Å². The second-order valence-corrected chi connectivity index (χ2v) is 6.45. The van der Waals surface area contributed by atoms with Gasteiger partial charge in [0.2, 0.25) is 0 Å². The lowest BCUT2D eigenvalue weighted by Crippen LogP contribution is -2.37. The number of aryl methyl sites for hydroxylation is 1. The zero-order chi connectivity index (χ0) is 17.2. The maximum absolute atomic E-state index is 6.12. The van der Waals surface area contributed by atoms with Crippen LogP contribution in [0.1, 0.15) is 29.3 Å². The van der Waals surface area contributed by atoms with Crippen molar-refractivity contribution >= 4 is 16.9 Å². The molecular weight excluding hydrogens is 312 g/mol. The van der Waals surface area contributed by atoms with E-state index in [4.69, 9.17) is 10.5 Å². The van der Waals surface area contributed by atoms with Gasteiger partial charge in [-0.1, -0.05) is 24.3 Å². The van der Waals surface area contributed by atoms with E-state index in [9.17, 15) is 0 Å². The fraction of sp³-hybridized carbons (Fsp3) is 0.250. The van der Waals surface area contributed by atoms with Crippen molar-refractivity contribution in [2.45, 2.75) is 25.9 Å². The number of aromatic nitrogens is 1. The summed E-state index contributed by atoms with van der Waals surface area (Å²) in [7, 11) is 0. The van der Waals surface area contributed by atoms with Crippen LogP contribution in [0, 0.1) is 6.92 Å². The second kappa shape index (κ2) is 6.51. The third kappa shape index (κ3) is 3.31. The molecule has 0 saturated carbocycles. The third-order valence-electron chi connectivity index (χ3n) is 4.53. The Bertz CT molecular complexity index is 928. The van der Waals surface area contributed by atoms with Crippen LogP contribution >= 0.6 is 0 Å². The number of ether oxygens (including phenoxy) is 1. The standard InChI is InChI=1S/C20H22N4O/c1-13-10-15-11-14(6-7-17(15)23-13)12-22-20(21)24-18-8-9-25-19-5-3-2-4-16(18)19/h2-7,10-11,18,23H,8-9,12H2,1H3,(H3,21,22,24). The van der Waals surface area contributed by atoms with Crippen molar-refractivity contribution in [2.24, 2.45) is 10.7 Å². The molecule has 25 heavy (non-hydrogen) atoms. The highest BCUT2D eigenvalue weighted by atomic mass is 16.5. The summed E-state index contributed by atoms with van der Waals surface area (Å²) in [4.78, 5) is 7.84. The largest absolute Gasteiger partial charge is 0.493 e. The van der Waals surface area contributed by atoms with E-state index in [1.165, 1.54) is 5.39 Å². The van der Waals surface area contributed by atoms with Crippen LogP contribution < -0.4 is 15.8 Å². The van der Waals surface area contributed by atoms with Gasteiger partial charge in [-0.3, -0.25) is 0 Å². The quantitative estimate of drug-likeness (QED) is 0.507. The number of benzene rings is 2. The Balaban J connectivity index is 1.46. The van der Waals surface area contributed by atoms with Gasteiger partial charge in [0, 0.05) is 23.2 Å². The summed E-state index contributed by atoms with van der Waals surface area (Å²) >= 11 is 0. The first-order chi connectivity index (χ1) is 12.2. The van der Waals surface area contributed by atoms with E-state index in [1.54, 1.807) is 0 Å². The van der Waals surface area contributed by atoms with Gasteiger partial charge in [0.25, 0.3) is 0 Å². The summed E-state index contributed by atoms with van der Waals surface area (Å²) in [6.45, 7) is 3.31. The molecule has 1 aromatic heterocycles. The van der Waals surface area contributed by atoms with Gasteiger partial charge in [-0.05, 0) is 42.1 Å². The molecule has 0 spiro atoms. The SMILES string of the molecule is Cc1cc2cc(CN=C(N)NC3CCOc4ccccc43)ccc2[nH]1. The minimum absolute atomic E-state index is 0.142. The topological polar surface area (TPSA) is 75.4 Å². The van der Waals surface area contributed by atoms with Gasteiger partial charge < -0.3 is 20.8 Å². The van der Waals surface area contributed by atoms with Crippen LogP contribution in [0.3, 0.4) is 0 Å². The normalized spacial score (nSPS) is 17.2. The molecule has 2 aromatic carbocycles. The average molecular weight is 334 g/mol. The Kier molecular flexibility index (Phi) is 4.06. The van der Waals surface area contributed by atoms with E-state index in [0.717, 1.165) is 34.5 Å². The lowest BCUT2D eigenvalue weighted by Gasteiger charge is -2.26. The molecule has 0 saturated heterocycles. The van der Waals surface area contributed by atoms with Crippen LogP contribution in [0.5, 0.6) is 5.75 Å². The number of nitrogens with one attached hydrogen (secondary N) is 2. The molecule has 1 aliphatic rings. The molecule has 5 nitrogen and oxygen atoms in total. The van der Waals surface area contributed by atoms with Crippen molar-refractivity contribution in [3.8, 4) is 5.75 Å². The number of nitrogens with zero attached hydrogens (tertiary/aromatic N) is 1. The molecule has 4 rings (SSSR count). The van der Waals surface area contributed by atoms with Crippen molar-refractivity contribution in [2.75, 3.05) is 6.61 Å². The average Bonchev–Trinajstić information content (AvgIpc) is 2.99. The minimum atomic E-state index is 0.142. The Morgan fingerprint density at radius 1 is 1.28 bits per heavy atom. The van der Waals surface area contributed by atoms with Gasteiger partial charge in [0.1, 0.15) is 5.75 Å². The number of aliphatic imine (C=N–C) groups is 1. The third-order valence-corrected chi connectivity index (χ3v) is 4.53. The lowest BCUT2D eigenvalue weighted by molar-refractivity contribution is 0.262. The van der Waals surface area contributed by atoms with E-state index in [-0.39, 0.29) is 6.04 Å². The smallest absolute Gasteiger partial charge is 0.189 e. The monoisotopic (exact) mass is 334 g/mol. The van der Waals surface area contributed by atoms with Crippen molar-refractivity contribution < 1.29 is 4.74 Å². The Hall–Kier alpha value is -2.95. The predicted molar refractivity (Wildman–Crippen MR) is 101 cm³/mol. The second-order valence-electron chi connectivity index (χ2n) is 6.45. The molecule has 0 aliphatic carbocycles. The molecular formula is C20H22N4O. The van der Waals surface area contributed by atoms with E-state index >= 15 is 0 Å². The van der Waals surface area contributed by atoms with Crippen molar-refractivity contribution in [3.05, 3.63) is 65.4 Å². The molecule has 5 heteroatoms. The fourth-order valence-electron chi connectivity index (χ4n) is 3.32. The van der Waals surface area contributed by atoms with E-state index in [1.807, 2.05) is 18.2 Å². The summed E-state index contributed by atoms with van der Waals surface area (Å²) in [6, 6.07) is 16.7. The number of hydrogen-bond donors (Lipinski definition) is 3. The summed E-state index contributed by atoms with van der Waals surface area (Å²) in [5, 5.41) is 4.53. The summed E-state index contributed by atoms with van der Waals surface area (Å²) in [5.74, 6) is 1.39. The van der Waals surface area contributed by atoms with E-state index < -0.39 is 0 Å². The maximum atomic E-state index is 6.12. The van der Waals surface area contributed by atoms with E-state index in [2.05, 4.69) is 52.5 Å². The number of H-pyrrole nitrogens is 1. The van der Waals surface area contributed by atoms with Crippen molar-refractivity contribution in [1.29, 1.82) is 0 Å². The van der Waals surface area contributed by atoms with Crippen LogP contribution in [-0.4, -0.2) is 17.6 Å². The number of fused-ring (bicyclic) bond motifs is 2. The number of hydrogen-bond acceptors (Lipinski definition) is 2. The highest BCUT2D eigenvalue weighted by Crippen LogP contribution is 2.31. The zero-order valence-electron chi connectivity index (χ0n) is 14.3. The molecule has 0 radical (unpaired) electrons. The maximum Gasteiger partial charge on any atom is 0.189 e. The van der Waals surface area contributed by atoms with Gasteiger partial charge in [0.05, 0.1) is 19.2 Å². The molecule has 0 amide bonds. The van der Waals surface area contributed by atoms with E-state index in [0.29, 0.717) is 19.1 Å².